The molecule has 0 heterocycles. The van der Waals surface area contributed by atoms with E-state index >= 15 is 0 Å². The lowest BCUT2D eigenvalue weighted by molar-refractivity contribution is 0.628. The summed E-state index contributed by atoms with van der Waals surface area (Å²) in [5.74, 6) is -0.226. The number of nitrogens with one attached hydrogen (secondary N) is 2. The predicted octanol–water partition coefficient (Wildman–Crippen LogP) is 3.72. The van der Waals surface area contributed by atoms with E-state index in [1.165, 1.54) is 18.3 Å². The van der Waals surface area contributed by atoms with Crippen LogP contribution in [0.2, 0.25) is 0 Å². The topological polar surface area (TPSA) is 35.9 Å². The Labute approximate surface area is 94.7 Å². The van der Waals surface area contributed by atoms with Crippen LogP contribution in [0.1, 0.15) is 25.7 Å². The van der Waals surface area contributed by atoms with Gasteiger partial charge in [0, 0.05) is 17.6 Å². The molecule has 0 aromatic heterocycles. The fourth-order valence-electron chi connectivity index (χ4n) is 1.94. The maximum atomic E-state index is 12.7. The monoisotopic (exact) mass is 218 g/mol. The highest BCUT2D eigenvalue weighted by Crippen LogP contribution is 2.24. The number of halogens is 1. The van der Waals surface area contributed by atoms with Gasteiger partial charge in [-0.05, 0) is 55.5 Å². The Kier molecular flexibility index (Phi) is 3.34. The van der Waals surface area contributed by atoms with Crippen molar-refractivity contribution in [3.05, 3.63) is 41.4 Å². The molecule has 0 radical (unpaired) electrons. The zero-order valence-corrected chi connectivity index (χ0v) is 9.09. The average molecular weight is 218 g/mol. The molecular weight excluding hydrogens is 203 g/mol. The van der Waals surface area contributed by atoms with Gasteiger partial charge in [0.2, 0.25) is 0 Å². The average Bonchev–Trinajstić information content (AvgIpc) is 2.33. The molecule has 0 atom stereocenters. The number of hydrogen-bond donors (Lipinski definition) is 2. The SMILES string of the molecule is N=CC1=C(Nc2ccc(F)cc2)CCCC1. The maximum absolute atomic E-state index is 12.7. The van der Waals surface area contributed by atoms with E-state index in [1.54, 1.807) is 12.1 Å². The van der Waals surface area contributed by atoms with Crippen LogP contribution >= 0.6 is 0 Å². The molecule has 2 N–H and O–H groups in total. The molecule has 1 aromatic rings. The Morgan fingerprint density at radius 3 is 2.50 bits per heavy atom. The predicted molar refractivity (Wildman–Crippen MR) is 64.3 cm³/mol. The minimum absolute atomic E-state index is 0.226. The van der Waals surface area contributed by atoms with Gasteiger partial charge < -0.3 is 10.7 Å². The first-order valence-corrected chi connectivity index (χ1v) is 5.54. The number of hydrogen-bond acceptors (Lipinski definition) is 2. The molecule has 0 saturated carbocycles. The maximum Gasteiger partial charge on any atom is 0.123 e. The van der Waals surface area contributed by atoms with Crippen molar-refractivity contribution in [2.24, 2.45) is 0 Å². The molecule has 1 aliphatic rings. The van der Waals surface area contributed by atoms with Crippen molar-refractivity contribution in [1.29, 1.82) is 5.41 Å². The Morgan fingerprint density at radius 1 is 1.12 bits per heavy atom. The normalized spacial score (nSPS) is 16.1. The molecular formula is C13H15FN2. The van der Waals surface area contributed by atoms with Crippen molar-refractivity contribution >= 4 is 11.9 Å². The van der Waals surface area contributed by atoms with E-state index < -0.39 is 0 Å². The number of benzene rings is 1. The van der Waals surface area contributed by atoms with Crippen molar-refractivity contribution in [1.82, 2.24) is 0 Å². The molecule has 1 aliphatic carbocycles. The highest BCUT2D eigenvalue weighted by Gasteiger charge is 2.10. The summed E-state index contributed by atoms with van der Waals surface area (Å²) >= 11 is 0. The van der Waals surface area contributed by atoms with E-state index in [1.807, 2.05) is 0 Å². The van der Waals surface area contributed by atoms with Crippen molar-refractivity contribution in [3.63, 3.8) is 0 Å². The summed E-state index contributed by atoms with van der Waals surface area (Å²) in [6.07, 6.45) is 5.67. The zero-order valence-electron chi connectivity index (χ0n) is 9.09. The summed E-state index contributed by atoms with van der Waals surface area (Å²) in [7, 11) is 0. The Morgan fingerprint density at radius 2 is 1.81 bits per heavy atom. The second-order valence-electron chi connectivity index (χ2n) is 3.99. The molecule has 2 rings (SSSR count). The van der Waals surface area contributed by atoms with Gasteiger partial charge in [0.25, 0.3) is 0 Å². The first kappa shape index (κ1) is 10.9. The van der Waals surface area contributed by atoms with E-state index in [0.29, 0.717) is 0 Å². The Balaban J connectivity index is 2.16. The number of allylic oxidation sites excluding steroid dienone is 2. The molecule has 0 amide bonds. The number of anilines is 1. The second kappa shape index (κ2) is 4.92. The van der Waals surface area contributed by atoms with Gasteiger partial charge in [-0.25, -0.2) is 4.39 Å². The first-order chi connectivity index (χ1) is 7.79. The Hall–Kier alpha value is -1.64. The van der Waals surface area contributed by atoms with Gasteiger partial charge in [-0.1, -0.05) is 0 Å². The van der Waals surface area contributed by atoms with Gasteiger partial charge in [-0.2, -0.15) is 0 Å². The highest BCUT2D eigenvalue weighted by molar-refractivity contribution is 5.78. The van der Waals surface area contributed by atoms with Gasteiger partial charge >= 0.3 is 0 Å². The first-order valence-electron chi connectivity index (χ1n) is 5.54. The molecule has 1 aromatic carbocycles. The van der Waals surface area contributed by atoms with Crippen molar-refractivity contribution in [3.8, 4) is 0 Å². The van der Waals surface area contributed by atoms with Crippen molar-refractivity contribution < 1.29 is 4.39 Å². The minimum Gasteiger partial charge on any atom is -0.359 e. The van der Waals surface area contributed by atoms with E-state index in [4.69, 9.17) is 5.41 Å². The fraction of sp³-hybridized carbons (Fsp3) is 0.308. The van der Waals surface area contributed by atoms with Gasteiger partial charge in [0.05, 0.1) is 0 Å². The molecule has 0 bridgehead atoms. The third-order valence-electron chi connectivity index (χ3n) is 2.82. The summed E-state index contributed by atoms with van der Waals surface area (Å²) in [5.41, 5.74) is 3.06. The molecule has 84 valence electrons. The van der Waals surface area contributed by atoms with Crippen molar-refractivity contribution in [2.75, 3.05) is 5.32 Å². The highest BCUT2D eigenvalue weighted by atomic mass is 19.1. The summed E-state index contributed by atoms with van der Waals surface area (Å²) in [5, 5.41) is 10.6. The van der Waals surface area contributed by atoms with Gasteiger partial charge in [-0.15, -0.1) is 0 Å². The van der Waals surface area contributed by atoms with Crippen molar-refractivity contribution in [2.45, 2.75) is 25.7 Å². The quantitative estimate of drug-likeness (QED) is 0.745. The third kappa shape index (κ3) is 2.48. The van der Waals surface area contributed by atoms with Gasteiger partial charge in [0.15, 0.2) is 0 Å². The van der Waals surface area contributed by atoms with Crippen LogP contribution in [0, 0.1) is 11.2 Å². The third-order valence-corrected chi connectivity index (χ3v) is 2.82. The van der Waals surface area contributed by atoms with Gasteiger partial charge in [-0.3, -0.25) is 0 Å². The molecule has 0 spiro atoms. The molecule has 0 aliphatic heterocycles. The lowest BCUT2D eigenvalue weighted by Crippen LogP contribution is -2.09. The molecule has 16 heavy (non-hydrogen) atoms. The van der Waals surface area contributed by atoms with Crippen LogP contribution in [-0.2, 0) is 0 Å². The van der Waals surface area contributed by atoms with E-state index in [0.717, 1.165) is 42.6 Å². The summed E-state index contributed by atoms with van der Waals surface area (Å²) < 4.78 is 12.7. The van der Waals surface area contributed by atoms with E-state index in [2.05, 4.69) is 5.32 Å². The van der Waals surface area contributed by atoms with E-state index in [-0.39, 0.29) is 5.82 Å². The molecule has 2 nitrogen and oxygen atoms in total. The van der Waals surface area contributed by atoms with Crippen LogP contribution in [0.5, 0.6) is 0 Å². The standard InChI is InChI=1S/C13H15FN2/c14-11-5-7-12(8-6-11)16-13-4-2-1-3-10(13)9-15/h5-9,15-16H,1-4H2. The molecule has 0 unspecified atom stereocenters. The molecule has 0 saturated heterocycles. The smallest absolute Gasteiger partial charge is 0.123 e. The number of rotatable bonds is 3. The van der Waals surface area contributed by atoms with E-state index in [9.17, 15) is 4.39 Å². The zero-order chi connectivity index (χ0) is 11.4. The molecule has 3 heteroatoms. The van der Waals surface area contributed by atoms with Crippen LogP contribution in [0.3, 0.4) is 0 Å². The largest absolute Gasteiger partial charge is 0.359 e. The fourth-order valence-corrected chi connectivity index (χ4v) is 1.94. The van der Waals surface area contributed by atoms with Crippen LogP contribution in [0.15, 0.2) is 35.5 Å². The lowest BCUT2D eigenvalue weighted by Gasteiger charge is -2.19. The summed E-state index contributed by atoms with van der Waals surface area (Å²) in [6, 6.07) is 6.32. The van der Waals surface area contributed by atoms with Crippen LogP contribution < -0.4 is 5.32 Å². The van der Waals surface area contributed by atoms with Crippen LogP contribution in [0.25, 0.3) is 0 Å². The van der Waals surface area contributed by atoms with Crippen LogP contribution in [-0.4, -0.2) is 6.21 Å². The molecule has 0 fully saturated rings. The lowest BCUT2D eigenvalue weighted by atomic mass is 9.97. The Bertz CT molecular complexity index is 406. The van der Waals surface area contributed by atoms with Crippen LogP contribution in [0.4, 0.5) is 10.1 Å². The summed E-state index contributed by atoms with van der Waals surface area (Å²) in [6.45, 7) is 0. The minimum atomic E-state index is -0.226. The second-order valence-corrected chi connectivity index (χ2v) is 3.99. The van der Waals surface area contributed by atoms with Gasteiger partial charge in [0.1, 0.15) is 5.82 Å². The summed E-state index contributed by atoms with van der Waals surface area (Å²) in [4.78, 5) is 0.